The average molecular weight is 156 g/mol. The first-order chi connectivity index (χ1) is 5.07. The Hall–Kier alpha value is -1.32. The Morgan fingerprint density at radius 3 is 2.27 bits per heavy atom. The molecular weight excluding hydrogens is 144 g/mol. The normalized spacial score (nSPS) is 9.00. The van der Waals surface area contributed by atoms with Crippen molar-refractivity contribution in [2.45, 2.75) is 13.8 Å². The molecule has 0 aliphatic heterocycles. The molecule has 2 amide bonds. The molecule has 0 aliphatic carbocycles. The molecule has 0 atom stereocenters. The van der Waals surface area contributed by atoms with Gasteiger partial charge in [0.15, 0.2) is 0 Å². The molecule has 0 aliphatic rings. The largest absolute Gasteiger partial charge is 0.273 e. The predicted molar refractivity (Wildman–Crippen MR) is 41.3 cm³/mol. The molecule has 0 saturated carbocycles. The Kier molecular flexibility index (Phi) is 3.95. The molecule has 0 unspecified atom stereocenters. The van der Waals surface area contributed by atoms with Gasteiger partial charge >= 0.3 is 0 Å². The zero-order chi connectivity index (χ0) is 8.85. The quantitative estimate of drug-likeness (QED) is 0.436. The molecule has 0 fully saturated rings. The zero-order valence-corrected chi connectivity index (χ0v) is 6.68. The average Bonchev–Trinajstić information content (AvgIpc) is 1.99. The summed E-state index contributed by atoms with van der Waals surface area (Å²) in [7, 11) is 0. The maximum atomic E-state index is 10.8. The Morgan fingerprint density at radius 1 is 1.36 bits per heavy atom. The molecule has 0 aromatic carbocycles. The van der Waals surface area contributed by atoms with Crippen molar-refractivity contribution < 1.29 is 9.59 Å². The number of rotatable bonds is 2. The molecule has 0 aromatic rings. The molecule has 4 heteroatoms. The van der Waals surface area contributed by atoms with E-state index in [2.05, 4.69) is 17.4 Å². The minimum absolute atomic E-state index is 0.139. The van der Waals surface area contributed by atoms with Gasteiger partial charge in [-0.3, -0.25) is 20.4 Å². The molecule has 0 saturated heterocycles. The van der Waals surface area contributed by atoms with Crippen LogP contribution in [0, 0.1) is 5.92 Å². The second-order valence-corrected chi connectivity index (χ2v) is 2.34. The standard InChI is InChI=1S/C7H12N2O2/c1-4-6(10)8-9-7(11)5(2)3/h4-5H,1H2,2-3H3,(H,8,10)(H,9,11). The lowest BCUT2D eigenvalue weighted by Gasteiger charge is -2.06. The maximum absolute atomic E-state index is 10.8. The molecule has 62 valence electrons. The van der Waals surface area contributed by atoms with E-state index in [1.54, 1.807) is 13.8 Å². The van der Waals surface area contributed by atoms with Crippen LogP contribution in [-0.4, -0.2) is 11.8 Å². The number of carbonyl (C=O) groups is 2. The van der Waals surface area contributed by atoms with Crippen LogP contribution in [0.2, 0.25) is 0 Å². The van der Waals surface area contributed by atoms with E-state index in [1.165, 1.54) is 0 Å². The van der Waals surface area contributed by atoms with Gasteiger partial charge in [-0.2, -0.15) is 0 Å². The molecular formula is C7H12N2O2. The van der Waals surface area contributed by atoms with Crippen LogP contribution in [0.15, 0.2) is 12.7 Å². The van der Waals surface area contributed by atoms with Crippen LogP contribution in [0.5, 0.6) is 0 Å². The summed E-state index contributed by atoms with van der Waals surface area (Å²) in [6.45, 7) is 6.68. The van der Waals surface area contributed by atoms with Gasteiger partial charge in [0.2, 0.25) is 5.91 Å². The van der Waals surface area contributed by atoms with Crippen molar-refractivity contribution in [2.24, 2.45) is 5.92 Å². The van der Waals surface area contributed by atoms with Gasteiger partial charge in [-0.05, 0) is 6.08 Å². The molecule has 0 spiro atoms. The fraction of sp³-hybridized carbons (Fsp3) is 0.429. The van der Waals surface area contributed by atoms with Crippen LogP contribution >= 0.6 is 0 Å². The topological polar surface area (TPSA) is 58.2 Å². The second kappa shape index (κ2) is 4.49. The first-order valence-corrected chi connectivity index (χ1v) is 3.30. The minimum atomic E-state index is -0.418. The summed E-state index contributed by atoms with van der Waals surface area (Å²) < 4.78 is 0. The van der Waals surface area contributed by atoms with Crippen molar-refractivity contribution in [1.82, 2.24) is 10.9 Å². The Bertz CT molecular complexity index is 175. The monoisotopic (exact) mass is 156 g/mol. The smallest absolute Gasteiger partial charge is 0.261 e. The third kappa shape index (κ3) is 4.13. The van der Waals surface area contributed by atoms with Gasteiger partial charge < -0.3 is 0 Å². The van der Waals surface area contributed by atoms with Crippen molar-refractivity contribution in [2.75, 3.05) is 0 Å². The zero-order valence-electron chi connectivity index (χ0n) is 6.68. The van der Waals surface area contributed by atoms with E-state index in [4.69, 9.17) is 0 Å². The lowest BCUT2D eigenvalue weighted by Crippen LogP contribution is -2.42. The van der Waals surface area contributed by atoms with Crippen molar-refractivity contribution in [3.8, 4) is 0 Å². The predicted octanol–water partition coefficient (Wildman–Crippen LogP) is -0.0242. The van der Waals surface area contributed by atoms with Crippen LogP contribution in [0.25, 0.3) is 0 Å². The van der Waals surface area contributed by atoms with Gasteiger partial charge in [0.05, 0.1) is 0 Å². The molecule has 4 nitrogen and oxygen atoms in total. The summed E-state index contributed by atoms with van der Waals surface area (Å²) in [5, 5.41) is 0. The Labute approximate surface area is 65.6 Å². The third-order valence-electron chi connectivity index (χ3n) is 1.02. The highest BCUT2D eigenvalue weighted by Gasteiger charge is 2.05. The van der Waals surface area contributed by atoms with Crippen LogP contribution in [0.3, 0.4) is 0 Å². The van der Waals surface area contributed by atoms with Crippen molar-refractivity contribution in [3.63, 3.8) is 0 Å². The number of hydrogen-bond donors (Lipinski definition) is 2. The van der Waals surface area contributed by atoms with Gasteiger partial charge in [0.1, 0.15) is 0 Å². The van der Waals surface area contributed by atoms with Crippen LogP contribution in [0.4, 0.5) is 0 Å². The van der Waals surface area contributed by atoms with E-state index in [-0.39, 0.29) is 11.8 Å². The van der Waals surface area contributed by atoms with E-state index >= 15 is 0 Å². The van der Waals surface area contributed by atoms with Crippen LogP contribution < -0.4 is 10.9 Å². The van der Waals surface area contributed by atoms with Crippen molar-refractivity contribution in [3.05, 3.63) is 12.7 Å². The minimum Gasteiger partial charge on any atom is -0.273 e. The highest BCUT2D eigenvalue weighted by atomic mass is 16.2. The fourth-order valence-electron chi connectivity index (χ4n) is 0.319. The van der Waals surface area contributed by atoms with E-state index < -0.39 is 5.91 Å². The van der Waals surface area contributed by atoms with Crippen molar-refractivity contribution >= 4 is 11.8 Å². The van der Waals surface area contributed by atoms with E-state index in [0.717, 1.165) is 6.08 Å². The van der Waals surface area contributed by atoms with Gasteiger partial charge in [0.25, 0.3) is 5.91 Å². The maximum Gasteiger partial charge on any atom is 0.261 e. The van der Waals surface area contributed by atoms with Gasteiger partial charge in [0, 0.05) is 5.92 Å². The van der Waals surface area contributed by atoms with Gasteiger partial charge in [-0.15, -0.1) is 0 Å². The Morgan fingerprint density at radius 2 is 1.91 bits per heavy atom. The van der Waals surface area contributed by atoms with Crippen molar-refractivity contribution in [1.29, 1.82) is 0 Å². The number of nitrogens with one attached hydrogen (secondary N) is 2. The number of hydrazine groups is 1. The second-order valence-electron chi connectivity index (χ2n) is 2.34. The first kappa shape index (κ1) is 9.68. The number of amides is 2. The van der Waals surface area contributed by atoms with Crippen LogP contribution in [-0.2, 0) is 9.59 Å². The summed E-state index contributed by atoms with van der Waals surface area (Å²) in [4.78, 5) is 21.3. The van der Waals surface area contributed by atoms with Gasteiger partial charge in [-0.25, -0.2) is 0 Å². The molecule has 0 heterocycles. The Balaban J connectivity index is 3.62. The SMILES string of the molecule is C=CC(=O)NNC(=O)C(C)C. The molecule has 11 heavy (non-hydrogen) atoms. The van der Waals surface area contributed by atoms with E-state index in [0.29, 0.717) is 0 Å². The summed E-state index contributed by atoms with van der Waals surface area (Å²) in [6, 6.07) is 0. The van der Waals surface area contributed by atoms with Crippen LogP contribution in [0.1, 0.15) is 13.8 Å². The molecule has 2 N–H and O–H groups in total. The van der Waals surface area contributed by atoms with Gasteiger partial charge in [-0.1, -0.05) is 20.4 Å². The number of carbonyl (C=O) groups excluding carboxylic acids is 2. The van der Waals surface area contributed by atoms with E-state index in [9.17, 15) is 9.59 Å². The van der Waals surface area contributed by atoms with E-state index in [1.807, 2.05) is 0 Å². The molecule has 0 rings (SSSR count). The third-order valence-corrected chi connectivity index (χ3v) is 1.02. The molecule has 0 radical (unpaired) electrons. The summed E-state index contributed by atoms with van der Waals surface area (Å²) in [6.07, 6.45) is 1.08. The highest BCUT2D eigenvalue weighted by molar-refractivity contribution is 5.89. The molecule has 0 aromatic heterocycles. The summed E-state index contributed by atoms with van der Waals surface area (Å²) >= 11 is 0. The lowest BCUT2D eigenvalue weighted by atomic mass is 10.2. The lowest BCUT2D eigenvalue weighted by molar-refractivity contribution is -0.128. The highest BCUT2D eigenvalue weighted by Crippen LogP contribution is 1.87. The summed E-state index contributed by atoms with van der Waals surface area (Å²) in [5.41, 5.74) is 4.38. The fourth-order valence-corrected chi connectivity index (χ4v) is 0.319. The first-order valence-electron chi connectivity index (χ1n) is 3.30. The molecule has 0 bridgehead atoms. The number of hydrogen-bond acceptors (Lipinski definition) is 2. The summed E-state index contributed by atoms with van der Waals surface area (Å²) in [5.74, 6) is -0.778.